The Hall–Kier alpha value is -1.53. The molecule has 27 heavy (non-hydrogen) atoms. The molecule has 0 aliphatic rings. The van der Waals surface area contributed by atoms with E-state index >= 15 is 0 Å². The van der Waals surface area contributed by atoms with Crippen molar-refractivity contribution < 1.29 is 4.79 Å². The molecule has 0 radical (unpaired) electrons. The van der Waals surface area contributed by atoms with Crippen molar-refractivity contribution in [1.82, 2.24) is 14.5 Å². The first-order valence-electron chi connectivity index (χ1n) is 9.25. The molecule has 0 unspecified atom stereocenters. The van der Waals surface area contributed by atoms with Crippen LogP contribution in [0, 0.1) is 5.92 Å². The fourth-order valence-electron chi connectivity index (χ4n) is 3.18. The van der Waals surface area contributed by atoms with E-state index in [9.17, 15) is 9.59 Å². The molecule has 148 valence electrons. The van der Waals surface area contributed by atoms with Crippen LogP contribution >= 0.6 is 23.4 Å². The number of aromatic nitrogens is 2. The predicted octanol–water partition coefficient (Wildman–Crippen LogP) is 4.44. The first-order valence-corrected chi connectivity index (χ1v) is 10.6. The maximum Gasteiger partial charge on any atom is 0.262 e. The van der Waals surface area contributed by atoms with Crippen molar-refractivity contribution in [3.05, 3.63) is 33.6 Å². The molecule has 1 aromatic heterocycles. The highest BCUT2D eigenvalue weighted by molar-refractivity contribution is 7.99. The molecule has 0 aliphatic heterocycles. The summed E-state index contributed by atoms with van der Waals surface area (Å²) in [5.41, 5.74) is 0.469. The zero-order valence-electron chi connectivity index (χ0n) is 16.8. The second-order valence-corrected chi connectivity index (χ2v) is 9.02. The van der Waals surface area contributed by atoms with E-state index in [2.05, 4.69) is 18.8 Å². The van der Waals surface area contributed by atoms with Gasteiger partial charge in [-0.05, 0) is 51.8 Å². The molecule has 7 heteroatoms. The summed E-state index contributed by atoms with van der Waals surface area (Å²) in [6.07, 6.45) is 0. The average molecular weight is 410 g/mol. The van der Waals surface area contributed by atoms with Gasteiger partial charge >= 0.3 is 0 Å². The van der Waals surface area contributed by atoms with Crippen molar-refractivity contribution in [2.45, 2.75) is 65.3 Å². The number of nitrogens with zero attached hydrogens (tertiary/aromatic N) is 3. The van der Waals surface area contributed by atoms with E-state index in [1.165, 1.54) is 11.8 Å². The van der Waals surface area contributed by atoms with Crippen LogP contribution in [0.4, 0.5) is 0 Å². The van der Waals surface area contributed by atoms with Crippen LogP contribution in [-0.4, -0.2) is 38.2 Å². The highest BCUT2D eigenvalue weighted by Crippen LogP contribution is 2.22. The zero-order valence-corrected chi connectivity index (χ0v) is 18.4. The lowest BCUT2D eigenvalue weighted by Crippen LogP contribution is -2.43. The van der Waals surface area contributed by atoms with Crippen molar-refractivity contribution in [3.8, 4) is 0 Å². The molecule has 1 heterocycles. The molecule has 0 N–H and O–H groups in total. The summed E-state index contributed by atoms with van der Waals surface area (Å²) in [6, 6.07) is 5.35. The maximum absolute atomic E-state index is 13.0. The monoisotopic (exact) mass is 409 g/mol. The van der Waals surface area contributed by atoms with Crippen LogP contribution in [0.25, 0.3) is 10.9 Å². The van der Waals surface area contributed by atoms with Crippen molar-refractivity contribution in [2.24, 2.45) is 5.92 Å². The van der Waals surface area contributed by atoms with Crippen molar-refractivity contribution in [3.63, 3.8) is 0 Å². The first-order chi connectivity index (χ1) is 12.6. The lowest BCUT2D eigenvalue weighted by Gasteiger charge is -2.30. The van der Waals surface area contributed by atoms with Gasteiger partial charge in [-0.2, -0.15) is 0 Å². The number of rotatable bonds is 7. The van der Waals surface area contributed by atoms with Crippen LogP contribution in [0.15, 0.2) is 28.2 Å². The maximum atomic E-state index is 13.0. The van der Waals surface area contributed by atoms with Gasteiger partial charge in [0, 0.05) is 23.7 Å². The van der Waals surface area contributed by atoms with Crippen molar-refractivity contribution in [1.29, 1.82) is 0 Å². The summed E-state index contributed by atoms with van der Waals surface area (Å²) < 4.78 is 1.67. The van der Waals surface area contributed by atoms with Crippen LogP contribution in [0.2, 0.25) is 5.02 Å². The molecule has 0 bridgehead atoms. The minimum atomic E-state index is -0.0927. The molecule has 0 atom stereocenters. The number of hydrogen-bond acceptors (Lipinski definition) is 4. The second kappa shape index (κ2) is 9.11. The highest BCUT2D eigenvalue weighted by atomic mass is 35.5. The minimum absolute atomic E-state index is 0.0431. The number of hydrogen-bond donors (Lipinski definition) is 0. The Morgan fingerprint density at radius 3 is 2.37 bits per heavy atom. The fourth-order valence-corrected chi connectivity index (χ4v) is 4.23. The lowest BCUT2D eigenvalue weighted by molar-refractivity contribution is -0.131. The summed E-state index contributed by atoms with van der Waals surface area (Å²) in [7, 11) is 0. The Labute approximate surface area is 170 Å². The van der Waals surface area contributed by atoms with Gasteiger partial charge in [-0.25, -0.2) is 4.98 Å². The molecule has 0 saturated heterocycles. The molecular formula is C20H28ClN3O2S. The van der Waals surface area contributed by atoms with E-state index in [1.54, 1.807) is 22.8 Å². The molecule has 1 aromatic carbocycles. The van der Waals surface area contributed by atoms with E-state index in [0.29, 0.717) is 27.6 Å². The molecule has 0 saturated carbocycles. The van der Waals surface area contributed by atoms with Crippen molar-refractivity contribution in [2.75, 3.05) is 5.75 Å². The Kier molecular flexibility index (Phi) is 7.34. The number of carbonyl (C=O) groups is 1. The number of halogens is 1. The lowest BCUT2D eigenvalue weighted by atomic mass is 10.2. The number of benzene rings is 1. The third-order valence-corrected chi connectivity index (χ3v) is 5.35. The SMILES string of the molecule is CC(C)Cn1c(SCC(=O)N(C(C)C)C(C)C)nc2cc(Cl)ccc2c1=O. The molecule has 5 nitrogen and oxygen atoms in total. The normalized spacial score (nSPS) is 11.8. The van der Waals surface area contributed by atoms with E-state index in [4.69, 9.17) is 11.6 Å². The second-order valence-electron chi connectivity index (χ2n) is 7.64. The number of amides is 1. The van der Waals surface area contributed by atoms with Gasteiger partial charge in [0.2, 0.25) is 5.91 Å². The van der Waals surface area contributed by atoms with E-state index in [1.807, 2.05) is 32.6 Å². The van der Waals surface area contributed by atoms with Gasteiger partial charge in [-0.1, -0.05) is 37.2 Å². The molecule has 0 fully saturated rings. The van der Waals surface area contributed by atoms with E-state index < -0.39 is 0 Å². The third-order valence-electron chi connectivity index (χ3n) is 4.16. The molecule has 0 aliphatic carbocycles. The Balaban J connectivity index is 2.40. The van der Waals surface area contributed by atoms with Gasteiger partial charge in [0.05, 0.1) is 16.7 Å². The smallest absolute Gasteiger partial charge is 0.262 e. The highest BCUT2D eigenvalue weighted by Gasteiger charge is 2.21. The van der Waals surface area contributed by atoms with Gasteiger partial charge < -0.3 is 4.90 Å². The largest absolute Gasteiger partial charge is 0.337 e. The summed E-state index contributed by atoms with van der Waals surface area (Å²) >= 11 is 7.38. The van der Waals surface area contributed by atoms with Gasteiger partial charge in [-0.15, -0.1) is 0 Å². The van der Waals surface area contributed by atoms with Crippen LogP contribution in [0.5, 0.6) is 0 Å². The average Bonchev–Trinajstić information content (AvgIpc) is 2.54. The summed E-state index contributed by atoms with van der Waals surface area (Å²) in [6.45, 7) is 12.7. The molecule has 2 rings (SSSR count). The van der Waals surface area contributed by atoms with Gasteiger partial charge in [-0.3, -0.25) is 14.2 Å². The summed E-state index contributed by atoms with van der Waals surface area (Å²) in [5, 5.41) is 1.64. The minimum Gasteiger partial charge on any atom is -0.337 e. The first kappa shape index (κ1) is 21.8. The number of thioether (sulfide) groups is 1. The Bertz CT molecular complexity index is 869. The third kappa shape index (κ3) is 5.26. The topological polar surface area (TPSA) is 55.2 Å². The molecule has 0 spiro atoms. The fraction of sp³-hybridized carbons (Fsp3) is 0.550. The van der Waals surface area contributed by atoms with Gasteiger partial charge in [0.15, 0.2) is 5.16 Å². The molecular weight excluding hydrogens is 382 g/mol. The number of carbonyl (C=O) groups excluding carboxylic acids is 1. The molecule has 2 aromatic rings. The standard InChI is InChI=1S/C20H28ClN3O2S/c1-12(2)10-23-19(26)16-8-7-15(21)9-17(16)22-20(23)27-11-18(25)24(13(3)4)14(5)6/h7-9,12-14H,10-11H2,1-6H3. The van der Waals surface area contributed by atoms with Crippen LogP contribution in [-0.2, 0) is 11.3 Å². The van der Waals surface area contributed by atoms with Gasteiger partial charge in [0.25, 0.3) is 5.56 Å². The summed E-state index contributed by atoms with van der Waals surface area (Å²) in [4.78, 5) is 32.2. The van der Waals surface area contributed by atoms with Crippen LogP contribution in [0.3, 0.4) is 0 Å². The van der Waals surface area contributed by atoms with Crippen molar-refractivity contribution >= 4 is 40.2 Å². The van der Waals surface area contributed by atoms with Crippen LogP contribution < -0.4 is 5.56 Å². The Morgan fingerprint density at radius 2 is 1.81 bits per heavy atom. The van der Waals surface area contributed by atoms with Gasteiger partial charge in [0.1, 0.15) is 0 Å². The Morgan fingerprint density at radius 1 is 1.19 bits per heavy atom. The summed E-state index contributed by atoms with van der Waals surface area (Å²) in [5.74, 6) is 0.570. The quantitative estimate of drug-likeness (QED) is 0.501. The zero-order chi connectivity index (χ0) is 20.3. The van der Waals surface area contributed by atoms with E-state index in [-0.39, 0.29) is 35.2 Å². The predicted molar refractivity (Wildman–Crippen MR) is 114 cm³/mol. The number of fused-ring (bicyclic) bond motifs is 1. The van der Waals surface area contributed by atoms with Crippen LogP contribution in [0.1, 0.15) is 41.5 Å². The van der Waals surface area contributed by atoms with E-state index in [0.717, 1.165) is 0 Å². The molecule has 1 amide bonds.